The van der Waals surface area contributed by atoms with Gasteiger partial charge in [0.1, 0.15) is 0 Å². The number of nitrogens with one attached hydrogen (secondary N) is 1. The molecule has 3 aromatic carbocycles. The van der Waals surface area contributed by atoms with Crippen LogP contribution in [0.3, 0.4) is 0 Å². The second kappa shape index (κ2) is 12.7. The molecule has 4 aromatic rings. The van der Waals surface area contributed by atoms with Crippen molar-refractivity contribution in [3.8, 4) is 11.5 Å². The standard InChI is InChI=1S/C27H19Br4N3O5S2/c1-38-15-6-3-12(9-16(15)39-2)7-8-32-18(35)11-40-27-33-14-5-4-13(10-17(14)41-27)34-25(36)19-20(26(34)37)22(29)24(31)23(30)21(19)28/h3-6,9-10H,7-8,11H2,1-2H3,(H,32,35). The highest BCUT2D eigenvalue weighted by atomic mass is 79.9. The Labute approximate surface area is 277 Å². The van der Waals surface area contributed by atoms with Crippen LogP contribution in [0.15, 0.2) is 58.6 Å². The number of imide groups is 1. The molecule has 0 aliphatic carbocycles. The van der Waals surface area contributed by atoms with Crippen molar-refractivity contribution >= 4 is 120 Å². The van der Waals surface area contributed by atoms with Gasteiger partial charge in [0.15, 0.2) is 15.8 Å². The van der Waals surface area contributed by atoms with E-state index in [1.807, 2.05) is 18.2 Å². The quantitative estimate of drug-likeness (QED) is 0.0802. The Hall–Kier alpha value is -1.97. The highest BCUT2D eigenvalue weighted by Crippen LogP contribution is 2.46. The smallest absolute Gasteiger partial charge is 0.267 e. The molecule has 0 saturated carbocycles. The zero-order chi connectivity index (χ0) is 29.4. The summed E-state index contributed by atoms with van der Waals surface area (Å²) in [5.74, 6) is 0.572. The first kappa shape index (κ1) is 30.5. The van der Waals surface area contributed by atoms with Crippen molar-refractivity contribution in [1.82, 2.24) is 10.3 Å². The van der Waals surface area contributed by atoms with Gasteiger partial charge in [0.2, 0.25) is 5.91 Å². The largest absolute Gasteiger partial charge is 0.493 e. The third-order valence-corrected chi connectivity index (χ3v) is 13.2. The Morgan fingerprint density at radius 1 is 0.927 bits per heavy atom. The zero-order valence-electron chi connectivity index (χ0n) is 21.3. The number of benzene rings is 3. The summed E-state index contributed by atoms with van der Waals surface area (Å²) in [6.45, 7) is 0.484. The minimum Gasteiger partial charge on any atom is -0.493 e. The van der Waals surface area contributed by atoms with E-state index in [9.17, 15) is 14.4 Å². The minimum atomic E-state index is -0.422. The number of amides is 3. The van der Waals surface area contributed by atoms with Crippen LogP contribution in [0.1, 0.15) is 26.3 Å². The number of thiazole rings is 1. The topological polar surface area (TPSA) is 97.8 Å². The molecule has 0 radical (unpaired) electrons. The Balaban J connectivity index is 1.23. The molecule has 0 unspecified atom stereocenters. The van der Waals surface area contributed by atoms with Crippen molar-refractivity contribution in [2.75, 3.05) is 31.4 Å². The summed E-state index contributed by atoms with van der Waals surface area (Å²) in [7, 11) is 3.18. The molecule has 0 spiro atoms. The molecule has 0 bridgehead atoms. The highest BCUT2D eigenvalue weighted by molar-refractivity contribution is 9.15. The Bertz CT molecular complexity index is 1680. The molecule has 1 aromatic heterocycles. The van der Waals surface area contributed by atoms with Crippen LogP contribution in [-0.4, -0.2) is 49.2 Å². The molecule has 5 rings (SSSR count). The van der Waals surface area contributed by atoms with Crippen molar-refractivity contribution in [2.24, 2.45) is 0 Å². The van der Waals surface area contributed by atoms with Gasteiger partial charge in [-0.2, -0.15) is 0 Å². The van der Waals surface area contributed by atoms with Crippen LogP contribution in [-0.2, 0) is 11.2 Å². The Morgan fingerprint density at radius 3 is 2.22 bits per heavy atom. The maximum absolute atomic E-state index is 13.3. The van der Waals surface area contributed by atoms with E-state index in [0.29, 0.717) is 52.4 Å². The second-order valence-corrected chi connectivity index (χ2v) is 14.1. The lowest BCUT2D eigenvalue weighted by atomic mass is 10.1. The molecule has 0 saturated heterocycles. The van der Waals surface area contributed by atoms with Crippen molar-refractivity contribution in [3.63, 3.8) is 0 Å². The first-order valence-corrected chi connectivity index (χ1v) is 16.9. The van der Waals surface area contributed by atoms with Crippen LogP contribution in [0.2, 0.25) is 0 Å². The van der Waals surface area contributed by atoms with Crippen LogP contribution < -0.4 is 19.7 Å². The number of anilines is 1. The third kappa shape index (κ3) is 5.96. The van der Waals surface area contributed by atoms with Gasteiger partial charge in [-0.15, -0.1) is 11.3 Å². The van der Waals surface area contributed by atoms with E-state index in [1.165, 1.54) is 23.1 Å². The van der Waals surface area contributed by atoms with Gasteiger partial charge in [0.05, 0.1) is 47.0 Å². The van der Waals surface area contributed by atoms with Gasteiger partial charge in [-0.25, -0.2) is 9.88 Å². The van der Waals surface area contributed by atoms with Gasteiger partial charge in [-0.05, 0) is 106 Å². The fraction of sp³-hybridized carbons (Fsp3) is 0.185. The second-order valence-electron chi connectivity index (χ2n) is 8.66. The van der Waals surface area contributed by atoms with E-state index in [-0.39, 0.29) is 22.8 Å². The zero-order valence-corrected chi connectivity index (χ0v) is 29.3. The predicted molar refractivity (Wildman–Crippen MR) is 175 cm³/mol. The number of carbonyl (C=O) groups excluding carboxylic acids is 3. The summed E-state index contributed by atoms with van der Waals surface area (Å²) in [4.78, 5) is 44.9. The number of hydrogen-bond acceptors (Lipinski definition) is 8. The molecule has 0 fully saturated rings. The summed E-state index contributed by atoms with van der Waals surface area (Å²) in [5, 5.41) is 2.93. The van der Waals surface area contributed by atoms with Crippen LogP contribution in [0.4, 0.5) is 5.69 Å². The van der Waals surface area contributed by atoms with Gasteiger partial charge in [-0.1, -0.05) is 17.8 Å². The molecule has 1 aliphatic rings. The molecular weight excluding hydrogens is 830 g/mol. The summed E-state index contributed by atoms with van der Waals surface area (Å²) in [6.07, 6.45) is 0.652. The lowest BCUT2D eigenvalue weighted by Crippen LogP contribution is -2.29. The lowest BCUT2D eigenvalue weighted by molar-refractivity contribution is -0.118. The first-order chi connectivity index (χ1) is 19.6. The summed E-state index contributed by atoms with van der Waals surface area (Å²) in [5.41, 5.74) is 2.77. The summed E-state index contributed by atoms with van der Waals surface area (Å²) < 4.78 is 14.4. The van der Waals surface area contributed by atoms with E-state index >= 15 is 0 Å². The lowest BCUT2D eigenvalue weighted by Gasteiger charge is -2.13. The number of nitrogens with zero attached hydrogens (tertiary/aromatic N) is 2. The number of halogens is 4. The van der Waals surface area contributed by atoms with E-state index in [4.69, 9.17) is 9.47 Å². The number of methoxy groups -OCH3 is 2. The maximum atomic E-state index is 13.3. The van der Waals surface area contributed by atoms with Gasteiger partial charge >= 0.3 is 0 Å². The molecule has 3 amide bonds. The number of thioether (sulfide) groups is 1. The molecule has 14 heteroatoms. The molecule has 8 nitrogen and oxygen atoms in total. The van der Waals surface area contributed by atoms with Crippen LogP contribution in [0.5, 0.6) is 11.5 Å². The highest BCUT2D eigenvalue weighted by Gasteiger charge is 2.42. The van der Waals surface area contributed by atoms with Crippen LogP contribution in [0.25, 0.3) is 10.2 Å². The fourth-order valence-electron chi connectivity index (χ4n) is 4.24. The number of ether oxygens (including phenoxy) is 2. The molecule has 1 N–H and O–H groups in total. The third-order valence-electron chi connectivity index (χ3n) is 6.22. The van der Waals surface area contributed by atoms with Crippen molar-refractivity contribution in [2.45, 2.75) is 10.8 Å². The summed E-state index contributed by atoms with van der Waals surface area (Å²) in [6, 6.07) is 10.9. The van der Waals surface area contributed by atoms with E-state index in [1.54, 1.807) is 32.4 Å². The maximum Gasteiger partial charge on any atom is 0.267 e. The van der Waals surface area contributed by atoms with Crippen molar-refractivity contribution < 1.29 is 23.9 Å². The van der Waals surface area contributed by atoms with Gasteiger partial charge in [0.25, 0.3) is 11.8 Å². The van der Waals surface area contributed by atoms with Crippen LogP contribution in [0, 0.1) is 0 Å². The fourth-order valence-corrected chi connectivity index (χ4v) is 8.63. The van der Waals surface area contributed by atoms with E-state index < -0.39 is 11.8 Å². The minimum absolute atomic E-state index is 0.102. The molecule has 2 heterocycles. The first-order valence-electron chi connectivity index (χ1n) is 11.9. The van der Waals surface area contributed by atoms with Gasteiger partial charge < -0.3 is 14.8 Å². The number of fused-ring (bicyclic) bond motifs is 2. The SMILES string of the molecule is COc1ccc(CCNC(=O)CSc2nc3ccc(N4C(=O)c5c(Br)c(Br)c(Br)c(Br)c5C4=O)cc3s2)cc1OC. The van der Waals surface area contributed by atoms with E-state index in [2.05, 4.69) is 74.0 Å². The number of rotatable bonds is 9. The van der Waals surface area contributed by atoms with Crippen molar-refractivity contribution in [3.05, 3.63) is 71.0 Å². The summed E-state index contributed by atoms with van der Waals surface area (Å²) >= 11 is 16.5. The predicted octanol–water partition coefficient (Wildman–Crippen LogP) is 7.62. The molecule has 41 heavy (non-hydrogen) atoms. The molecule has 0 atom stereocenters. The number of carbonyl (C=O) groups is 3. The molecule has 1 aliphatic heterocycles. The Morgan fingerprint density at radius 2 is 1.59 bits per heavy atom. The average molecular weight is 849 g/mol. The number of aromatic nitrogens is 1. The monoisotopic (exact) mass is 845 g/mol. The van der Waals surface area contributed by atoms with Gasteiger partial charge in [-0.3, -0.25) is 14.4 Å². The molecular formula is C27H19Br4N3O5S2. The number of hydrogen-bond donors (Lipinski definition) is 1. The normalized spacial score (nSPS) is 12.7. The van der Waals surface area contributed by atoms with E-state index in [0.717, 1.165) is 20.7 Å². The van der Waals surface area contributed by atoms with Crippen LogP contribution >= 0.6 is 86.8 Å². The van der Waals surface area contributed by atoms with Gasteiger partial charge in [0, 0.05) is 24.4 Å². The molecule has 212 valence electrons. The Kier molecular flexibility index (Phi) is 9.46. The average Bonchev–Trinajstić information content (AvgIpc) is 3.50. The van der Waals surface area contributed by atoms with Crippen molar-refractivity contribution in [1.29, 1.82) is 0 Å².